The minimum atomic E-state index is -1.34. The van der Waals surface area contributed by atoms with Crippen LogP contribution in [0.5, 0.6) is 0 Å². The van der Waals surface area contributed by atoms with Gasteiger partial charge in [0.1, 0.15) is 27.7 Å². The summed E-state index contributed by atoms with van der Waals surface area (Å²) in [5.74, 6) is -1.91. The fraction of sp³-hybridized carbons (Fsp3) is 0.360. The Morgan fingerprint density at radius 2 is 2.06 bits per heavy atom. The molecule has 0 bridgehead atoms. The number of amides is 1. The van der Waals surface area contributed by atoms with Gasteiger partial charge in [-0.2, -0.15) is 5.10 Å². The van der Waals surface area contributed by atoms with E-state index in [1.807, 2.05) is 30.3 Å². The Morgan fingerprint density at radius 3 is 2.76 bits per heavy atom. The molecule has 34 heavy (non-hydrogen) atoms. The summed E-state index contributed by atoms with van der Waals surface area (Å²) < 4.78 is 28.6. The number of hydrogen-bond donors (Lipinski definition) is 2. The summed E-state index contributed by atoms with van der Waals surface area (Å²) in [7, 11) is 0. The number of aliphatic hydroxyl groups excluding tert-OH is 1. The number of benzene rings is 2. The molecule has 1 unspecified atom stereocenters. The van der Waals surface area contributed by atoms with Crippen molar-refractivity contribution >= 4 is 22.7 Å². The molecule has 0 saturated heterocycles. The minimum absolute atomic E-state index is 0.0439. The van der Waals surface area contributed by atoms with Crippen LogP contribution in [0.1, 0.15) is 50.2 Å². The standard InChI is InChI=1S/C25H27F2N3O3S/c1-17(31)24(32)30-25(18-8-4-2-5-9-18,14-15-33-29-20-10-6-3-7-11-20)34-23(28-30)21-16-19(26)12-13-22(21)27/h2,4-5,8-10,12-13,16-17,29,31H,3,6-7,11,14-15H2,1H3/t17-,25?/m0/s1. The van der Waals surface area contributed by atoms with Crippen LogP contribution in [0.15, 0.2) is 65.4 Å². The Bertz CT molecular complexity index is 1090. The van der Waals surface area contributed by atoms with Gasteiger partial charge in [0.2, 0.25) is 0 Å². The third-order valence-electron chi connectivity index (χ3n) is 5.79. The van der Waals surface area contributed by atoms with Gasteiger partial charge in [0, 0.05) is 17.7 Å². The number of rotatable bonds is 8. The Hall–Kier alpha value is -2.75. The lowest BCUT2D eigenvalue weighted by molar-refractivity contribution is -0.143. The van der Waals surface area contributed by atoms with E-state index in [9.17, 15) is 18.7 Å². The predicted octanol–water partition coefficient (Wildman–Crippen LogP) is 4.80. The molecule has 9 heteroatoms. The van der Waals surface area contributed by atoms with E-state index in [0.717, 1.165) is 66.9 Å². The lowest BCUT2D eigenvalue weighted by Gasteiger charge is -2.36. The molecule has 2 N–H and O–H groups in total. The number of aliphatic hydroxyl groups is 1. The topological polar surface area (TPSA) is 74.2 Å². The van der Waals surface area contributed by atoms with Crippen molar-refractivity contribution in [2.75, 3.05) is 6.61 Å². The van der Waals surface area contributed by atoms with Crippen LogP contribution in [0.2, 0.25) is 0 Å². The van der Waals surface area contributed by atoms with Gasteiger partial charge >= 0.3 is 0 Å². The van der Waals surface area contributed by atoms with Crippen molar-refractivity contribution in [3.63, 3.8) is 0 Å². The van der Waals surface area contributed by atoms with Crippen molar-refractivity contribution in [3.8, 4) is 0 Å². The second kappa shape index (κ2) is 10.7. The number of halogens is 2. The average Bonchev–Trinajstić information content (AvgIpc) is 3.24. The number of hydrazone groups is 1. The van der Waals surface area contributed by atoms with Crippen molar-refractivity contribution in [2.24, 2.45) is 5.10 Å². The first-order valence-corrected chi connectivity index (χ1v) is 12.1. The third-order valence-corrected chi connectivity index (χ3v) is 7.23. The van der Waals surface area contributed by atoms with Crippen LogP contribution in [-0.4, -0.2) is 33.8 Å². The Morgan fingerprint density at radius 1 is 1.26 bits per heavy atom. The Kier molecular flexibility index (Phi) is 7.65. The van der Waals surface area contributed by atoms with E-state index >= 15 is 0 Å². The van der Waals surface area contributed by atoms with Crippen LogP contribution in [0.25, 0.3) is 0 Å². The highest BCUT2D eigenvalue weighted by Crippen LogP contribution is 2.50. The van der Waals surface area contributed by atoms with Crippen LogP contribution in [0.3, 0.4) is 0 Å². The first kappa shape index (κ1) is 24.4. The molecular weight excluding hydrogens is 460 g/mol. The number of hydroxylamine groups is 1. The van der Waals surface area contributed by atoms with Crippen LogP contribution in [-0.2, 0) is 14.5 Å². The van der Waals surface area contributed by atoms with Crippen molar-refractivity contribution in [2.45, 2.75) is 50.0 Å². The summed E-state index contributed by atoms with van der Waals surface area (Å²) in [5, 5.41) is 15.8. The summed E-state index contributed by atoms with van der Waals surface area (Å²) in [5.41, 5.74) is 4.70. The second-order valence-corrected chi connectivity index (χ2v) is 9.55. The molecule has 0 aromatic heterocycles. The monoisotopic (exact) mass is 487 g/mol. The summed E-state index contributed by atoms with van der Waals surface area (Å²) >= 11 is 1.14. The van der Waals surface area contributed by atoms with Crippen LogP contribution < -0.4 is 5.48 Å². The van der Waals surface area contributed by atoms with Crippen LogP contribution in [0.4, 0.5) is 8.78 Å². The molecule has 1 amide bonds. The molecule has 2 aliphatic rings. The van der Waals surface area contributed by atoms with Gasteiger partial charge in [0.25, 0.3) is 5.91 Å². The lowest BCUT2D eigenvalue weighted by Crippen LogP contribution is -2.46. The number of nitrogens with zero attached hydrogens (tertiary/aromatic N) is 2. The zero-order valence-electron chi connectivity index (χ0n) is 18.8. The fourth-order valence-electron chi connectivity index (χ4n) is 4.01. The Balaban J connectivity index is 1.67. The van der Waals surface area contributed by atoms with Gasteiger partial charge in [0.15, 0.2) is 0 Å². The van der Waals surface area contributed by atoms with E-state index in [2.05, 4.69) is 16.7 Å². The third kappa shape index (κ3) is 5.16. The van der Waals surface area contributed by atoms with E-state index in [1.165, 1.54) is 11.9 Å². The smallest absolute Gasteiger partial charge is 0.272 e. The summed E-state index contributed by atoms with van der Waals surface area (Å²) in [6.45, 7) is 1.56. The molecule has 2 aromatic carbocycles. The van der Waals surface area contributed by atoms with Gasteiger partial charge in [-0.3, -0.25) is 15.1 Å². The SMILES string of the molecule is C[C@H](O)C(=O)N1N=C(c2cc(F)ccc2F)SC1(CCONC1=CCCCC1)c1ccccc1. The predicted molar refractivity (Wildman–Crippen MR) is 127 cm³/mol. The summed E-state index contributed by atoms with van der Waals surface area (Å²) in [4.78, 5) is 17.7. The normalized spacial score (nSPS) is 21.1. The van der Waals surface area contributed by atoms with Gasteiger partial charge in [-0.05, 0) is 56.4 Å². The molecular formula is C25H27F2N3O3S. The highest BCUT2D eigenvalue weighted by Gasteiger charge is 2.49. The zero-order chi connectivity index (χ0) is 24.1. The number of hydrogen-bond acceptors (Lipinski definition) is 6. The number of carbonyl (C=O) groups is 1. The van der Waals surface area contributed by atoms with Gasteiger partial charge in [-0.25, -0.2) is 13.8 Å². The maximum Gasteiger partial charge on any atom is 0.272 e. The molecule has 1 aliphatic carbocycles. The van der Waals surface area contributed by atoms with E-state index in [-0.39, 0.29) is 23.6 Å². The number of allylic oxidation sites excluding steroid dienone is 2. The number of thioether (sulfide) groups is 1. The molecule has 0 saturated carbocycles. The van der Waals surface area contributed by atoms with Crippen molar-refractivity contribution in [1.82, 2.24) is 10.5 Å². The van der Waals surface area contributed by atoms with Crippen LogP contribution in [0, 0.1) is 11.6 Å². The van der Waals surface area contributed by atoms with Gasteiger partial charge < -0.3 is 5.11 Å². The minimum Gasteiger partial charge on any atom is -0.383 e. The van der Waals surface area contributed by atoms with Crippen molar-refractivity contribution in [1.29, 1.82) is 0 Å². The number of carbonyl (C=O) groups excluding carboxylic acids is 1. The van der Waals surface area contributed by atoms with E-state index in [1.54, 1.807) is 0 Å². The first-order valence-electron chi connectivity index (χ1n) is 11.3. The quantitative estimate of drug-likeness (QED) is 0.413. The lowest BCUT2D eigenvalue weighted by atomic mass is 10.0. The molecule has 0 spiro atoms. The van der Waals surface area contributed by atoms with Crippen molar-refractivity contribution in [3.05, 3.63) is 83.1 Å². The summed E-state index contributed by atoms with van der Waals surface area (Å²) in [6, 6.07) is 12.3. The maximum atomic E-state index is 14.6. The average molecular weight is 488 g/mol. The van der Waals surface area contributed by atoms with Crippen LogP contribution >= 0.6 is 11.8 Å². The Labute approximate surface area is 201 Å². The largest absolute Gasteiger partial charge is 0.383 e. The van der Waals surface area contributed by atoms with Gasteiger partial charge in [-0.15, -0.1) is 0 Å². The molecule has 180 valence electrons. The van der Waals surface area contributed by atoms with E-state index in [4.69, 9.17) is 4.84 Å². The molecule has 0 fully saturated rings. The first-order chi connectivity index (χ1) is 16.4. The van der Waals surface area contributed by atoms with E-state index < -0.39 is 28.5 Å². The van der Waals surface area contributed by atoms with Gasteiger partial charge in [-0.1, -0.05) is 48.2 Å². The van der Waals surface area contributed by atoms with Gasteiger partial charge in [0.05, 0.1) is 6.61 Å². The van der Waals surface area contributed by atoms with Crippen molar-refractivity contribution < 1.29 is 23.5 Å². The second-order valence-electron chi connectivity index (χ2n) is 8.28. The van der Waals surface area contributed by atoms with E-state index in [0.29, 0.717) is 0 Å². The molecule has 0 radical (unpaired) electrons. The molecule has 2 atom stereocenters. The highest BCUT2D eigenvalue weighted by molar-refractivity contribution is 8.15. The summed E-state index contributed by atoms with van der Waals surface area (Å²) in [6.07, 6.45) is 5.23. The molecule has 2 aromatic rings. The molecule has 1 aliphatic heterocycles. The maximum absolute atomic E-state index is 14.6. The molecule has 1 heterocycles. The zero-order valence-corrected chi connectivity index (χ0v) is 19.7. The highest BCUT2D eigenvalue weighted by atomic mass is 32.2. The molecule has 4 rings (SSSR count). The molecule has 6 nitrogen and oxygen atoms in total. The fourth-order valence-corrected chi connectivity index (χ4v) is 5.38. The number of nitrogens with one attached hydrogen (secondary N) is 1.